The van der Waals surface area contributed by atoms with E-state index in [0.29, 0.717) is 24.3 Å². The Kier molecular flexibility index (Phi) is 9.58. The SMILES string of the molecule is CC(C)(O)CNC(=O)c1cn(CCCCc2ccc(NC(O)Cc3cccc(OC(F)(F)F)c3)nn2)nn1. The molecule has 0 aliphatic heterocycles. The number of nitrogens with one attached hydrogen (secondary N) is 2. The lowest BCUT2D eigenvalue weighted by atomic mass is 10.1. The van der Waals surface area contributed by atoms with Gasteiger partial charge in [0.25, 0.3) is 5.91 Å². The molecule has 206 valence electrons. The van der Waals surface area contributed by atoms with E-state index in [1.54, 1.807) is 42.9 Å². The van der Waals surface area contributed by atoms with Gasteiger partial charge >= 0.3 is 6.36 Å². The molecule has 0 saturated carbocycles. The average Bonchev–Trinajstić information content (AvgIpc) is 3.29. The first kappa shape index (κ1) is 28.8. The number of aliphatic hydroxyl groups is 2. The van der Waals surface area contributed by atoms with Crippen LogP contribution >= 0.6 is 0 Å². The van der Waals surface area contributed by atoms with Crippen LogP contribution in [0.4, 0.5) is 19.0 Å². The number of rotatable bonds is 13. The summed E-state index contributed by atoms with van der Waals surface area (Å²) in [4.78, 5) is 12.0. The maximum atomic E-state index is 12.4. The van der Waals surface area contributed by atoms with Gasteiger partial charge in [-0.25, -0.2) is 0 Å². The van der Waals surface area contributed by atoms with E-state index in [-0.39, 0.29) is 24.4 Å². The van der Waals surface area contributed by atoms with Gasteiger partial charge in [-0.2, -0.15) is 5.10 Å². The van der Waals surface area contributed by atoms with Crippen LogP contribution in [0.25, 0.3) is 0 Å². The van der Waals surface area contributed by atoms with Crippen molar-refractivity contribution in [3.63, 3.8) is 0 Å². The smallest absolute Gasteiger partial charge is 0.406 e. The molecule has 1 aromatic carbocycles. The van der Waals surface area contributed by atoms with Crippen LogP contribution in [0.15, 0.2) is 42.6 Å². The number of halogens is 3. The van der Waals surface area contributed by atoms with Crippen LogP contribution in [-0.4, -0.2) is 66.0 Å². The lowest BCUT2D eigenvalue weighted by Gasteiger charge is -2.16. The van der Waals surface area contributed by atoms with E-state index in [9.17, 15) is 28.2 Å². The van der Waals surface area contributed by atoms with Crippen molar-refractivity contribution in [1.29, 1.82) is 0 Å². The van der Waals surface area contributed by atoms with Gasteiger partial charge in [-0.15, -0.1) is 23.4 Å². The zero-order valence-corrected chi connectivity index (χ0v) is 20.9. The first-order chi connectivity index (χ1) is 17.9. The molecule has 0 radical (unpaired) electrons. The van der Waals surface area contributed by atoms with Gasteiger partial charge in [-0.1, -0.05) is 17.3 Å². The second-order valence-corrected chi connectivity index (χ2v) is 9.29. The second-order valence-electron chi connectivity index (χ2n) is 9.29. The molecule has 11 nitrogen and oxygen atoms in total. The van der Waals surface area contributed by atoms with Crippen LogP contribution in [0, 0.1) is 0 Å². The van der Waals surface area contributed by atoms with Gasteiger partial charge < -0.3 is 25.6 Å². The summed E-state index contributed by atoms with van der Waals surface area (Å²) in [6.45, 7) is 3.83. The Morgan fingerprint density at radius 1 is 1.13 bits per heavy atom. The molecule has 2 heterocycles. The molecule has 0 fully saturated rings. The van der Waals surface area contributed by atoms with Gasteiger partial charge in [0.2, 0.25) is 0 Å². The number of alkyl halides is 3. The third kappa shape index (κ3) is 10.3. The zero-order valence-electron chi connectivity index (χ0n) is 20.9. The number of benzene rings is 1. The van der Waals surface area contributed by atoms with Gasteiger partial charge in [0.1, 0.15) is 12.0 Å². The molecule has 0 bridgehead atoms. The minimum atomic E-state index is -4.79. The molecule has 14 heteroatoms. The molecule has 1 amide bonds. The minimum Gasteiger partial charge on any atom is -0.406 e. The Bertz CT molecular complexity index is 1180. The van der Waals surface area contributed by atoms with E-state index in [1.807, 2.05) is 0 Å². The van der Waals surface area contributed by atoms with E-state index < -0.39 is 24.1 Å². The number of aryl methyl sites for hydroxylation is 2. The highest BCUT2D eigenvalue weighted by molar-refractivity contribution is 5.91. The molecule has 3 aromatic rings. The Morgan fingerprint density at radius 2 is 1.92 bits per heavy atom. The summed E-state index contributed by atoms with van der Waals surface area (Å²) < 4.78 is 42.6. The normalized spacial score (nSPS) is 12.7. The molecular formula is C24H30F3N7O4. The molecule has 1 unspecified atom stereocenters. The van der Waals surface area contributed by atoms with E-state index in [1.165, 1.54) is 18.2 Å². The molecule has 0 aliphatic carbocycles. The highest BCUT2D eigenvalue weighted by Gasteiger charge is 2.31. The van der Waals surface area contributed by atoms with Crippen LogP contribution in [0.3, 0.4) is 0 Å². The number of aliphatic hydroxyl groups excluding tert-OH is 1. The molecule has 38 heavy (non-hydrogen) atoms. The Labute approximate surface area is 217 Å². The fourth-order valence-corrected chi connectivity index (χ4v) is 3.36. The quantitative estimate of drug-likeness (QED) is 0.191. The van der Waals surface area contributed by atoms with Crippen LogP contribution in [-0.2, 0) is 19.4 Å². The summed E-state index contributed by atoms with van der Waals surface area (Å²) in [6, 6.07) is 8.81. The lowest BCUT2D eigenvalue weighted by molar-refractivity contribution is -0.274. The van der Waals surface area contributed by atoms with Crippen molar-refractivity contribution in [2.24, 2.45) is 0 Å². The number of carbonyl (C=O) groups excluding carboxylic acids is 1. The zero-order chi connectivity index (χ0) is 27.8. The summed E-state index contributed by atoms with van der Waals surface area (Å²) >= 11 is 0. The van der Waals surface area contributed by atoms with E-state index >= 15 is 0 Å². The van der Waals surface area contributed by atoms with Gasteiger partial charge in [-0.05, 0) is 62.9 Å². The van der Waals surface area contributed by atoms with Crippen molar-refractivity contribution >= 4 is 11.7 Å². The number of hydrogen-bond donors (Lipinski definition) is 4. The van der Waals surface area contributed by atoms with Crippen molar-refractivity contribution in [2.75, 3.05) is 11.9 Å². The van der Waals surface area contributed by atoms with Gasteiger partial charge in [0.05, 0.1) is 17.5 Å². The van der Waals surface area contributed by atoms with E-state index in [2.05, 4.69) is 35.9 Å². The van der Waals surface area contributed by atoms with E-state index in [4.69, 9.17) is 0 Å². The molecule has 0 spiro atoms. The number of unbranched alkanes of at least 4 members (excludes halogenated alkanes) is 1. The Balaban J connectivity index is 1.39. The number of anilines is 1. The largest absolute Gasteiger partial charge is 0.573 e. The highest BCUT2D eigenvalue weighted by Crippen LogP contribution is 2.24. The summed E-state index contributed by atoms with van der Waals surface area (Å²) in [5, 5.41) is 41.2. The Morgan fingerprint density at radius 3 is 2.61 bits per heavy atom. The first-order valence-electron chi connectivity index (χ1n) is 11.9. The van der Waals surface area contributed by atoms with Crippen molar-refractivity contribution in [1.82, 2.24) is 30.5 Å². The molecule has 0 aliphatic rings. The standard InChI is InChI=1S/C24H30F3N7O4/c1-23(2,37)15-28-22(36)19-14-34(33-31-19)11-4-3-7-17-9-10-20(32-30-17)29-21(35)13-16-6-5-8-18(12-16)38-24(25,26)27/h5-6,8-10,12,14,21,35,37H,3-4,7,11,13,15H2,1-2H3,(H,28,36)(H,29,32). The summed E-state index contributed by atoms with van der Waals surface area (Å²) in [5.74, 6) is -0.443. The molecule has 3 rings (SSSR count). The fraction of sp³-hybridized carbons (Fsp3) is 0.458. The first-order valence-corrected chi connectivity index (χ1v) is 11.9. The van der Waals surface area contributed by atoms with Crippen LogP contribution in [0.5, 0.6) is 5.75 Å². The lowest BCUT2D eigenvalue weighted by Crippen LogP contribution is -2.38. The summed E-state index contributed by atoms with van der Waals surface area (Å²) in [7, 11) is 0. The molecule has 2 aromatic heterocycles. The number of amides is 1. The Hall–Kier alpha value is -3.78. The number of carbonyl (C=O) groups is 1. The average molecular weight is 538 g/mol. The predicted octanol–water partition coefficient (Wildman–Crippen LogP) is 2.46. The number of hydrogen-bond acceptors (Lipinski definition) is 9. The third-order valence-electron chi connectivity index (χ3n) is 5.12. The molecule has 4 N–H and O–H groups in total. The second kappa shape index (κ2) is 12.6. The topological polar surface area (TPSA) is 147 Å². The number of ether oxygens (including phenoxy) is 1. The maximum Gasteiger partial charge on any atom is 0.573 e. The van der Waals surface area contributed by atoms with Crippen molar-refractivity contribution in [3.05, 3.63) is 59.5 Å². The minimum absolute atomic E-state index is 0.0313. The van der Waals surface area contributed by atoms with Crippen LogP contribution in [0.2, 0.25) is 0 Å². The van der Waals surface area contributed by atoms with Gasteiger partial charge in [0, 0.05) is 19.5 Å². The molecule has 1 atom stereocenters. The maximum absolute atomic E-state index is 12.4. The van der Waals surface area contributed by atoms with Crippen molar-refractivity contribution in [2.45, 2.75) is 64.3 Å². The monoisotopic (exact) mass is 537 g/mol. The number of nitrogens with zero attached hydrogens (tertiary/aromatic N) is 5. The van der Waals surface area contributed by atoms with E-state index in [0.717, 1.165) is 18.5 Å². The molecule has 0 saturated heterocycles. The highest BCUT2D eigenvalue weighted by atomic mass is 19.4. The third-order valence-corrected chi connectivity index (χ3v) is 5.12. The van der Waals surface area contributed by atoms with Gasteiger partial charge in [-0.3, -0.25) is 9.48 Å². The van der Waals surface area contributed by atoms with Crippen molar-refractivity contribution in [3.8, 4) is 5.75 Å². The molecular weight excluding hydrogens is 507 g/mol. The fourth-order valence-electron chi connectivity index (χ4n) is 3.36. The summed E-state index contributed by atoms with van der Waals surface area (Å²) in [5.41, 5.74) is 0.346. The number of aromatic nitrogens is 5. The predicted molar refractivity (Wildman–Crippen MR) is 130 cm³/mol. The van der Waals surface area contributed by atoms with Crippen LogP contribution in [0.1, 0.15) is 48.4 Å². The van der Waals surface area contributed by atoms with Gasteiger partial charge in [0.15, 0.2) is 11.5 Å². The summed E-state index contributed by atoms with van der Waals surface area (Å²) in [6.07, 6.45) is -2.12. The van der Waals surface area contributed by atoms with Crippen LogP contribution < -0.4 is 15.4 Å². The van der Waals surface area contributed by atoms with Crippen molar-refractivity contribution < 1.29 is 32.9 Å².